The van der Waals surface area contributed by atoms with Gasteiger partial charge in [-0.05, 0) is 74.5 Å². The molecule has 9 amide bonds. The van der Waals surface area contributed by atoms with Gasteiger partial charge in [0.1, 0.15) is 30.2 Å². The lowest BCUT2D eigenvalue weighted by Crippen LogP contribution is -2.58. The molecule has 0 radical (unpaired) electrons. The highest BCUT2D eigenvalue weighted by Gasteiger charge is 2.43. The van der Waals surface area contributed by atoms with Gasteiger partial charge in [-0.15, -0.1) is 0 Å². The van der Waals surface area contributed by atoms with Crippen LogP contribution in [0.25, 0.3) is 0 Å². The van der Waals surface area contributed by atoms with Crippen molar-refractivity contribution in [2.45, 2.75) is 145 Å². The van der Waals surface area contributed by atoms with Crippen molar-refractivity contribution in [3.8, 4) is 0 Å². The molecule has 4 rings (SSSR count). The van der Waals surface area contributed by atoms with E-state index >= 15 is 0 Å². The average molecular weight is 1200 g/mol. The van der Waals surface area contributed by atoms with E-state index in [-0.39, 0.29) is 74.5 Å². The first kappa shape index (κ1) is 69.2. The average Bonchev–Trinajstić information content (AvgIpc) is 4.25. The van der Waals surface area contributed by atoms with Gasteiger partial charge in [0.2, 0.25) is 53.2 Å². The van der Waals surface area contributed by atoms with E-state index in [1.54, 1.807) is 65.7 Å². The van der Waals surface area contributed by atoms with Gasteiger partial charge >= 0.3 is 5.97 Å². The normalized spacial score (nSPS) is 16.3. The Morgan fingerprint density at radius 1 is 0.651 bits per heavy atom. The van der Waals surface area contributed by atoms with Crippen LogP contribution in [-0.2, 0) is 65.9 Å². The van der Waals surface area contributed by atoms with Gasteiger partial charge in [0.25, 0.3) is 0 Å². The smallest absolute Gasteiger partial charge is 0.305 e. The van der Waals surface area contributed by atoms with Gasteiger partial charge in [-0.3, -0.25) is 47.9 Å². The Kier molecular flexibility index (Phi) is 32.1. The second kappa shape index (κ2) is 38.5. The van der Waals surface area contributed by atoms with Crippen molar-refractivity contribution in [3.63, 3.8) is 0 Å². The Labute approximate surface area is 495 Å². The van der Waals surface area contributed by atoms with Crippen molar-refractivity contribution in [2.75, 3.05) is 70.4 Å². The van der Waals surface area contributed by atoms with Crippen molar-refractivity contribution >= 4 is 82.7 Å². The van der Waals surface area contributed by atoms with Crippen LogP contribution in [0.5, 0.6) is 0 Å². The summed E-state index contributed by atoms with van der Waals surface area (Å²) in [4.78, 5) is 133. The first-order valence-electron chi connectivity index (χ1n) is 28.9. The number of benzene rings is 2. The predicted octanol–water partition coefficient (Wildman–Crippen LogP) is -0.268. The number of carbonyl (C=O) groups excluding carboxylic acids is 9. The number of rotatable bonds is 41. The van der Waals surface area contributed by atoms with E-state index in [0.29, 0.717) is 127 Å². The molecule has 2 aromatic carbocycles. The number of nitrogens with zero attached hydrogens (tertiary/aromatic N) is 2. The number of nitrogens with two attached hydrogens (primary N) is 4. The molecule has 0 unspecified atom stereocenters. The molecular formula is C57H89N13O11S2. The second-order valence-corrected chi connectivity index (χ2v) is 23.1. The molecule has 0 bridgehead atoms. The van der Waals surface area contributed by atoms with Gasteiger partial charge in [-0.25, -0.2) is 0 Å². The molecule has 6 atom stereocenters. The molecule has 0 spiro atoms. The number of carboxylic acids is 1. The van der Waals surface area contributed by atoms with Gasteiger partial charge in [0.15, 0.2) is 0 Å². The summed E-state index contributed by atoms with van der Waals surface area (Å²) in [5, 5.41) is 29.6. The topological polar surface area (TPSA) is 386 Å². The third-order valence-electron chi connectivity index (χ3n) is 14.3. The molecule has 0 aliphatic carbocycles. The molecule has 2 heterocycles. The Morgan fingerprint density at radius 2 is 1.25 bits per heavy atom. The predicted molar refractivity (Wildman–Crippen MR) is 320 cm³/mol. The molecule has 16 N–H and O–H groups in total. The zero-order valence-corrected chi connectivity index (χ0v) is 49.5. The minimum absolute atomic E-state index is 0.0883. The molecule has 2 saturated heterocycles. The van der Waals surface area contributed by atoms with Crippen LogP contribution in [0.2, 0.25) is 0 Å². The highest BCUT2D eigenvalue weighted by atomic mass is 32.2. The van der Waals surface area contributed by atoms with E-state index < -0.39 is 71.8 Å². The molecule has 0 saturated carbocycles. The Hall–Kier alpha value is -6.32. The van der Waals surface area contributed by atoms with Crippen molar-refractivity contribution in [1.29, 1.82) is 0 Å². The quantitative estimate of drug-likeness (QED) is 0.0381. The number of carboxylic acid groups (broad SMARTS) is 1. The van der Waals surface area contributed by atoms with Crippen LogP contribution >= 0.6 is 23.5 Å². The molecule has 460 valence electrons. The van der Waals surface area contributed by atoms with Crippen LogP contribution in [0.15, 0.2) is 54.6 Å². The minimum Gasteiger partial charge on any atom is -0.481 e. The molecule has 2 aliphatic rings. The number of unbranched alkanes of at least 4 members (excludes halogenated alkanes) is 1. The summed E-state index contributed by atoms with van der Waals surface area (Å²) in [7, 11) is 0. The third-order valence-corrected chi connectivity index (χ3v) is 16.4. The van der Waals surface area contributed by atoms with Crippen LogP contribution in [-0.4, -0.2) is 181 Å². The maximum absolute atomic E-state index is 14.1. The van der Waals surface area contributed by atoms with Gasteiger partial charge in [0, 0.05) is 114 Å². The zero-order valence-electron chi connectivity index (χ0n) is 47.9. The van der Waals surface area contributed by atoms with Gasteiger partial charge in [-0.1, -0.05) is 61.5 Å². The molecule has 24 nitrogen and oxygen atoms in total. The van der Waals surface area contributed by atoms with Crippen LogP contribution < -0.4 is 60.2 Å². The maximum atomic E-state index is 14.1. The Morgan fingerprint density at radius 3 is 1.87 bits per heavy atom. The molecule has 26 heteroatoms. The fraction of sp³-hybridized carbons (Fsp3) is 0.614. The zero-order chi connectivity index (χ0) is 60.5. The SMILES string of the molecule is CC[C@H](NC(=O)[C@@H]1CCCN1C(=O)[C@@H]1CCCN1C(=O)CCSCc1cccc(CSCCC(=O)N[C@@H](CCCCNC(=O)C(CNCCN)CNCCN)CC(=O)O)c1)C(=O)N[C@@H](CCC(N)=O)C(=O)N[C@@H](Cc1ccccc1)C(N)=O. The molecule has 2 fully saturated rings. The van der Waals surface area contributed by atoms with Gasteiger partial charge in [-0.2, -0.15) is 23.5 Å². The first-order valence-corrected chi connectivity index (χ1v) is 31.2. The van der Waals surface area contributed by atoms with Gasteiger partial charge < -0.3 is 75.1 Å². The first-order chi connectivity index (χ1) is 39.9. The Balaban J connectivity index is 1.18. The number of thioether (sulfide) groups is 2. The number of carbonyl (C=O) groups is 10. The monoisotopic (exact) mass is 1200 g/mol. The lowest BCUT2D eigenvalue weighted by molar-refractivity contribution is -0.146. The fourth-order valence-electron chi connectivity index (χ4n) is 9.89. The van der Waals surface area contributed by atoms with E-state index in [9.17, 15) is 53.1 Å². The van der Waals surface area contributed by atoms with Crippen LogP contribution in [0, 0.1) is 5.92 Å². The van der Waals surface area contributed by atoms with Crippen molar-refractivity contribution in [2.24, 2.45) is 28.9 Å². The number of hydrogen-bond donors (Lipinski definition) is 12. The van der Waals surface area contributed by atoms with E-state index in [2.05, 4.69) is 43.3 Å². The lowest BCUT2D eigenvalue weighted by atomic mass is 10.0. The molecule has 2 aliphatic heterocycles. The summed E-state index contributed by atoms with van der Waals surface area (Å²) < 4.78 is 0. The summed E-state index contributed by atoms with van der Waals surface area (Å²) >= 11 is 3.20. The largest absolute Gasteiger partial charge is 0.481 e. The summed E-state index contributed by atoms with van der Waals surface area (Å²) in [5.41, 5.74) is 25.0. The van der Waals surface area contributed by atoms with E-state index in [1.165, 1.54) is 4.90 Å². The minimum atomic E-state index is -1.30. The third kappa shape index (κ3) is 25.6. The number of primary amides is 2. The van der Waals surface area contributed by atoms with Gasteiger partial charge in [0.05, 0.1) is 12.3 Å². The summed E-state index contributed by atoms with van der Waals surface area (Å²) in [5.74, 6) is -3.26. The number of likely N-dealkylation sites (tertiary alicyclic amines) is 2. The molecule has 83 heavy (non-hydrogen) atoms. The number of aliphatic carboxylic acids is 1. The standard InChI is InChI=1S/C57H89N13O11S2/c1-2-43(54(78)67-44(18-19-48(60)71)55(79)68-45(52(61)76)32-38-11-4-3-5-12-38)66-56(80)46-16-9-28-70(46)57(81)47-17-10-27-69(47)50(73)21-30-83-37-40-14-8-13-39(31-40)36-82-29-20-49(72)65-42(33-51(74)75)15-6-7-24-64-53(77)41(34-62-25-22-58)35-63-26-23-59/h3-5,8,11-14,31,41-47,62-63H,2,6-7,9-10,15-30,32-37,58-59H2,1H3,(H2,60,71)(H2,61,76)(H,64,77)(H,65,72)(H,66,80)(H,67,78)(H,68,79)(H,74,75)/t42-,43-,44-,45-,46-,47-/m0/s1. The summed E-state index contributed by atoms with van der Waals surface area (Å²) in [6.45, 7) is 5.88. The van der Waals surface area contributed by atoms with E-state index in [1.807, 2.05) is 18.2 Å². The maximum Gasteiger partial charge on any atom is 0.305 e. The fourth-order valence-corrected chi connectivity index (χ4v) is 11.7. The van der Waals surface area contributed by atoms with Crippen molar-refractivity contribution in [1.82, 2.24) is 47.0 Å². The number of amides is 9. The molecule has 0 aromatic heterocycles. The number of hydrogen-bond acceptors (Lipinski definition) is 16. The second-order valence-electron chi connectivity index (χ2n) is 20.9. The van der Waals surface area contributed by atoms with Crippen LogP contribution in [0.3, 0.4) is 0 Å². The van der Waals surface area contributed by atoms with E-state index in [0.717, 1.165) is 16.7 Å². The molecule has 2 aromatic rings. The van der Waals surface area contributed by atoms with Crippen molar-refractivity contribution < 1.29 is 53.1 Å². The summed E-state index contributed by atoms with van der Waals surface area (Å²) in [6.07, 6.45) is 3.68. The highest BCUT2D eigenvalue weighted by Crippen LogP contribution is 2.27. The van der Waals surface area contributed by atoms with E-state index in [4.69, 9.17) is 22.9 Å². The van der Waals surface area contributed by atoms with Crippen LogP contribution in [0.4, 0.5) is 0 Å². The highest BCUT2D eigenvalue weighted by molar-refractivity contribution is 7.98. The molecular weight excluding hydrogens is 1110 g/mol. The van der Waals surface area contributed by atoms with Crippen molar-refractivity contribution in [3.05, 3.63) is 71.3 Å². The lowest BCUT2D eigenvalue weighted by Gasteiger charge is -2.31. The Bertz CT molecular complexity index is 2420. The number of nitrogens with one attached hydrogen (secondary N) is 7. The van der Waals surface area contributed by atoms with Crippen LogP contribution in [0.1, 0.15) is 107 Å². The summed E-state index contributed by atoms with van der Waals surface area (Å²) in [6, 6.07) is 11.3.